The first kappa shape index (κ1) is 17.4. The number of nitrogens with zero attached hydrogens (tertiary/aromatic N) is 4. The van der Waals surface area contributed by atoms with Crippen molar-refractivity contribution in [1.82, 2.24) is 14.3 Å². The van der Waals surface area contributed by atoms with E-state index in [0.29, 0.717) is 32.1 Å². The van der Waals surface area contributed by atoms with E-state index in [1.807, 2.05) is 23.1 Å². The van der Waals surface area contributed by atoms with Gasteiger partial charge in [0.2, 0.25) is 16.0 Å². The summed E-state index contributed by atoms with van der Waals surface area (Å²) in [6.07, 6.45) is 4.40. The van der Waals surface area contributed by atoms with Gasteiger partial charge in [0.05, 0.1) is 18.6 Å². The van der Waals surface area contributed by atoms with Crippen molar-refractivity contribution in [2.24, 2.45) is 5.92 Å². The lowest BCUT2D eigenvalue weighted by Crippen LogP contribution is -2.50. The van der Waals surface area contributed by atoms with Gasteiger partial charge >= 0.3 is 0 Å². The lowest BCUT2D eigenvalue weighted by molar-refractivity contribution is 0.281. The summed E-state index contributed by atoms with van der Waals surface area (Å²) in [4.78, 5) is 10.2. The van der Waals surface area contributed by atoms with Crippen LogP contribution in [0.5, 0.6) is 0 Å². The zero-order chi connectivity index (χ0) is 18.4. The van der Waals surface area contributed by atoms with Crippen LogP contribution >= 0.6 is 0 Å². The molecule has 0 amide bonds. The minimum atomic E-state index is -3.26. The number of rotatable bonds is 3. The van der Waals surface area contributed by atoms with Crippen LogP contribution in [0.2, 0.25) is 0 Å². The van der Waals surface area contributed by atoms with Crippen LogP contribution in [0.1, 0.15) is 12.0 Å². The van der Waals surface area contributed by atoms with Crippen LogP contribution in [0.15, 0.2) is 42.7 Å². The molecule has 2 fully saturated rings. The first-order valence-corrected chi connectivity index (χ1v) is 10.5. The molecule has 0 saturated carbocycles. The Morgan fingerprint density at radius 3 is 2.50 bits per heavy atom. The van der Waals surface area contributed by atoms with Crippen LogP contribution in [-0.4, -0.2) is 55.1 Å². The molecule has 6 nitrogen and oxygen atoms in total. The van der Waals surface area contributed by atoms with Gasteiger partial charge in [0, 0.05) is 37.5 Å². The lowest BCUT2D eigenvalue weighted by Gasteiger charge is -2.44. The quantitative estimate of drug-likeness (QED) is 0.815. The van der Waals surface area contributed by atoms with Crippen LogP contribution in [0.3, 0.4) is 0 Å². The van der Waals surface area contributed by atoms with Crippen molar-refractivity contribution in [1.29, 1.82) is 0 Å². The number of fused-ring (bicyclic) bond motifs is 1. The molecule has 2 atom stereocenters. The normalized spacial score (nSPS) is 26.7. The zero-order valence-electron chi connectivity index (χ0n) is 14.5. The standard InChI is InChI=1S/C18H21FN4O2S/c1-26(24,25)23-12-15-11-22(17-20-9-16(19)10-21-17)8-7-18(15,13-23)14-5-3-2-4-6-14/h2-6,9-10,15H,7-8,11-13H2,1H3. The third kappa shape index (κ3) is 2.97. The van der Waals surface area contributed by atoms with E-state index in [1.165, 1.54) is 24.2 Å². The van der Waals surface area contributed by atoms with Crippen LogP contribution < -0.4 is 4.90 Å². The number of sulfonamides is 1. The molecule has 0 radical (unpaired) electrons. The van der Waals surface area contributed by atoms with Crippen molar-refractivity contribution in [3.63, 3.8) is 0 Å². The average Bonchev–Trinajstić information content (AvgIpc) is 3.03. The van der Waals surface area contributed by atoms with Gasteiger partial charge in [-0.2, -0.15) is 0 Å². The summed E-state index contributed by atoms with van der Waals surface area (Å²) in [6, 6.07) is 10.1. The van der Waals surface area contributed by atoms with Gasteiger partial charge in [-0.15, -0.1) is 0 Å². The molecule has 2 aliphatic rings. The lowest BCUT2D eigenvalue weighted by atomic mass is 9.68. The van der Waals surface area contributed by atoms with E-state index in [1.54, 1.807) is 4.31 Å². The van der Waals surface area contributed by atoms with E-state index < -0.39 is 15.8 Å². The number of aromatic nitrogens is 2. The molecule has 2 aliphatic heterocycles. The summed E-state index contributed by atoms with van der Waals surface area (Å²) >= 11 is 0. The Bertz CT molecular complexity index is 891. The highest BCUT2D eigenvalue weighted by molar-refractivity contribution is 7.88. The van der Waals surface area contributed by atoms with E-state index in [4.69, 9.17) is 0 Å². The van der Waals surface area contributed by atoms with E-state index >= 15 is 0 Å². The smallest absolute Gasteiger partial charge is 0.225 e. The number of anilines is 1. The van der Waals surface area contributed by atoms with E-state index in [-0.39, 0.29) is 11.3 Å². The molecule has 2 saturated heterocycles. The van der Waals surface area contributed by atoms with Crippen molar-refractivity contribution in [3.05, 3.63) is 54.1 Å². The molecule has 1 aromatic carbocycles. The van der Waals surface area contributed by atoms with Crippen LogP contribution in [0, 0.1) is 11.7 Å². The Balaban J connectivity index is 1.68. The summed E-state index contributed by atoms with van der Waals surface area (Å²) in [5.74, 6) is 0.154. The first-order chi connectivity index (χ1) is 12.4. The van der Waals surface area contributed by atoms with Gasteiger partial charge in [0.15, 0.2) is 5.82 Å². The molecule has 2 aromatic rings. The Labute approximate surface area is 152 Å². The molecule has 26 heavy (non-hydrogen) atoms. The SMILES string of the molecule is CS(=O)(=O)N1CC2CN(c3ncc(F)cn3)CCC2(c2ccccc2)C1. The summed E-state index contributed by atoms with van der Waals surface area (Å²) in [5.41, 5.74) is 0.969. The second-order valence-corrected chi connectivity index (χ2v) is 9.15. The predicted octanol–water partition coefficient (Wildman–Crippen LogP) is 1.66. The molecule has 1 aromatic heterocycles. The van der Waals surface area contributed by atoms with E-state index in [2.05, 4.69) is 22.1 Å². The monoisotopic (exact) mass is 376 g/mol. The Hall–Kier alpha value is -2.06. The van der Waals surface area contributed by atoms with E-state index in [0.717, 1.165) is 6.42 Å². The van der Waals surface area contributed by atoms with Crippen molar-refractivity contribution in [2.75, 3.05) is 37.3 Å². The first-order valence-electron chi connectivity index (χ1n) is 8.62. The number of benzene rings is 1. The molecule has 0 bridgehead atoms. The molecule has 4 rings (SSSR count). The van der Waals surface area contributed by atoms with E-state index in [9.17, 15) is 12.8 Å². The molecule has 2 unspecified atom stereocenters. The maximum Gasteiger partial charge on any atom is 0.225 e. The van der Waals surface area contributed by atoms with Crippen molar-refractivity contribution >= 4 is 16.0 Å². The highest BCUT2D eigenvalue weighted by atomic mass is 32.2. The number of halogens is 1. The van der Waals surface area contributed by atoms with Crippen LogP contribution in [0.4, 0.5) is 10.3 Å². The van der Waals surface area contributed by atoms with Gasteiger partial charge in [-0.1, -0.05) is 30.3 Å². The van der Waals surface area contributed by atoms with Gasteiger partial charge in [-0.25, -0.2) is 27.1 Å². The van der Waals surface area contributed by atoms with Gasteiger partial charge in [0.1, 0.15) is 0 Å². The molecule has 8 heteroatoms. The fourth-order valence-corrected chi connectivity index (χ4v) is 5.20. The third-order valence-corrected chi connectivity index (χ3v) is 6.86. The third-order valence-electron chi connectivity index (χ3n) is 5.64. The van der Waals surface area contributed by atoms with Gasteiger partial charge in [-0.3, -0.25) is 0 Å². The molecule has 0 spiro atoms. The minimum absolute atomic E-state index is 0.127. The van der Waals surface area contributed by atoms with Crippen molar-refractivity contribution < 1.29 is 12.8 Å². The number of piperidine rings is 1. The molecule has 3 heterocycles. The summed E-state index contributed by atoms with van der Waals surface area (Å²) in [7, 11) is -3.26. The van der Waals surface area contributed by atoms with Crippen molar-refractivity contribution in [3.8, 4) is 0 Å². The Morgan fingerprint density at radius 1 is 1.15 bits per heavy atom. The Morgan fingerprint density at radius 2 is 1.85 bits per heavy atom. The molecule has 0 N–H and O–H groups in total. The second kappa shape index (κ2) is 6.28. The topological polar surface area (TPSA) is 66.4 Å². The molecular formula is C18H21FN4O2S. The zero-order valence-corrected chi connectivity index (χ0v) is 15.4. The maximum atomic E-state index is 13.1. The largest absolute Gasteiger partial charge is 0.340 e. The van der Waals surface area contributed by atoms with Gasteiger partial charge < -0.3 is 4.90 Å². The number of hydrogen-bond donors (Lipinski definition) is 0. The Kier molecular flexibility index (Phi) is 4.19. The predicted molar refractivity (Wildman–Crippen MR) is 96.8 cm³/mol. The fourth-order valence-electron chi connectivity index (χ4n) is 4.28. The minimum Gasteiger partial charge on any atom is -0.340 e. The summed E-state index contributed by atoms with van der Waals surface area (Å²) < 4.78 is 39.1. The molecule has 138 valence electrons. The van der Waals surface area contributed by atoms with Crippen LogP contribution in [-0.2, 0) is 15.4 Å². The van der Waals surface area contributed by atoms with Gasteiger partial charge in [0.25, 0.3) is 0 Å². The highest BCUT2D eigenvalue weighted by Crippen LogP contribution is 2.46. The summed E-state index contributed by atoms with van der Waals surface area (Å²) in [6.45, 7) is 2.32. The summed E-state index contributed by atoms with van der Waals surface area (Å²) in [5, 5.41) is 0. The van der Waals surface area contributed by atoms with Crippen LogP contribution in [0.25, 0.3) is 0 Å². The van der Waals surface area contributed by atoms with Gasteiger partial charge in [-0.05, 0) is 12.0 Å². The average molecular weight is 376 g/mol. The molecule has 0 aliphatic carbocycles. The highest BCUT2D eigenvalue weighted by Gasteiger charge is 2.52. The molecular weight excluding hydrogens is 355 g/mol. The second-order valence-electron chi connectivity index (χ2n) is 7.17. The van der Waals surface area contributed by atoms with Crippen molar-refractivity contribution in [2.45, 2.75) is 11.8 Å². The maximum absolute atomic E-state index is 13.1. The fraction of sp³-hybridized carbons (Fsp3) is 0.444. The number of hydrogen-bond acceptors (Lipinski definition) is 5.